The van der Waals surface area contributed by atoms with Crippen LogP contribution in [0, 0.1) is 11.8 Å². The summed E-state index contributed by atoms with van der Waals surface area (Å²) in [5, 5.41) is 0. The predicted molar refractivity (Wildman–Crippen MR) is 71.6 cm³/mol. The molecule has 0 aliphatic heterocycles. The lowest BCUT2D eigenvalue weighted by molar-refractivity contribution is -0.136. The number of amides is 1. The molecule has 0 aromatic carbocycles. The molecule has 0 aromatic rings. The van der Waals surface area contributed by atoms with E-state index in [9.17, 15) is 4.79 Å². The quantitative estimate of drug-likeness (QED) is 0.721. The maximum atomic E-state index is 12.3. The molecule has 17 heavy (non-hydrogen) atoms. The van der Waals surface area contributed by atoms with Gasteiger partial charge in [0.15, 0.2) is 0 Å². The molecule has 1 saturated carbocycles. The van der Waals surface area contributed by atoms with Crippen molar-refractivity contribution in [3.8, 4) is 0 Å². The van der Waals surface area contributed by atoms with Gasteiger partial charge in [-0.1, -0.05) is 13.0 Å². The molecule has 0 unspecified atom stereocenters. The van der Waals surface area contributed by atoms with E-state index in [1.165, 1.54) is 0 Å². The van der Waals surface area contributed by atoms with E-state index >= 15 is 0 Å². The molecule has 0 heterocycles. The number of rotatable bonds is 6. The van der Waals surface area contributed by atoms with Crippen molar-refractivity contribution in [1.82, 2.24) is 4.90 Å². The molecule has 3 nitrogen and oxygen atoms in total. The molecule has 98 valence electrons. The minimum absolute atomic E-state index is 0.226. The van der Waals surface area contributed by atoms with Crippen LogP contribution in [0.4, 0.5) is 0 Å². The van der Waals surface area contributed by atoms with E-state index in [1.54, 1.807) is 0 Å². The van der Waals surface area contributed by atoms with Gasteiger partial charge in [0, 0.05) is 19.0 Å². The molecule has 3 heteroatoms. The fourth-order valence-corrected chi connectivity index (χ4v) is 2.62. The normalized spacial score (nSPS) is 24.4. The zero-order valence-electron chi connectivity index (χ0n) is 11.0. The highest BCUT2D eigenvalue weighted by Gasteiger charge is 2.28. The van der Waals surface area contributed by atoms with Crippen molar-refractivity contribution < 1.29 is 4.79 Å². The molecule has 2 N–H and O–H groups in total. The molecule has 1 amide bonds. The van der Waals surface area contributed by atoms with Gasteiger partial charge >= 0.3 is 0 Å². The average molecular weight is 238 g/mol. The second kappa shape index (κ2) is 7.49. The predicted octanol–water partition coefficient (Wildman–Crippen LogP) is 2.18. The molecule has 0 saturated heterocycles. The molecular formula is C14H26N2O. The Morgan fingerprint density at radius 2 is 2.06 bits per heavy atom. The van der Waals surface area contributed by atoms with E-state index in [0.717, 1.165) is 45.2 Å². The Hall–Kier alpha value is -0.830. The summed E-state index contributed by atoms with van der Waals surface area (Å²) >= 11 is 0. The van der Waals surface area contributed by atoms with E-state index in [2.05, 4.69) is 13.5 Å². The average Bonchev–Trinajstić information content (AvgIpc) is 2.38. The number of carbonyl (C=O) groups excluding carboxylic acids is 1. The summed E-state index contributed by atoms with van der Waals surface area (Å²) in [6, 6.07) is 0. The lowest BCUT2D eigenvalue weighted by atomic mass is 9.81. The highest BCUT2D eigenvalue weighted by atomic mass is 16.2. The van der Waals surface area contributed by atoms with Crippen LogP contribution >= 0.6 is 0 Å². The number of nitrogens with zero attached hydrogens (tertiary/aromatic N) is 1. The SMILES string of the molecule is C=CCN(CCC)C(=O)C1CCC(CN)CC1. The Morgan fingerprint density at radius 1 is 1.41 bits per heavy atom. The minimum atomic E-state index is 0.226. The summed E-state index contributed by atoms with van der Waals surface area (Å²) in [5.41, 5.74) is 5.67. The Kier molecular flexibility index (Phi) is 6.27. The second-order valence-electron chi connectivity index (χ2n) is 5.03. The lowest BCUT2D eigenvalue weighted by Gasteiger charge is -2.31. The van der Waals surface area contributed by atoms with E-state index in [-0.39, 0.29) is 5.92 Å². The maximum Gasteiger partial charge on any atom is 0.225 e. The van der Waals surface area contributed by atoms with Gasteiger partial charge in [0.05, 0.1) is 0 Å². The Balaban J connectivity index is 2.47. The van der Waals surface area contributed by atoms with Crippen LogP contribution in [0.3, 0.4) is 0 Å². The lowest BCUT2D eigenvalue weighted by Crippen LogP contribution is -2.38. The largest absolute Gasteiger partial charge is 0.339 e. The van der Waals surface area contributed by atoms with Crippen LogP contribution in [0.2, 0.25) is 0 Å². The first-order chi connectivity index (χ1) is 8.22. The molecule has 0 spiro atoms. The molecule has 1 aliphatic rings. The summed E-state index contributed by atoms with van der Waals surface area (Å²) in [6.45, 7) is 8.13. The van der Waals surface area contributed by atoms with Crippen LogP contribution < -0.4 is 5.73 Å². The summed E-state index contributed by atoms with van der Waals surface area (Å²) < 4.78 is 0. The van der Waals surface area contributed by atoms with Crippen molar-refractivity contribution in [3.63, 3.8) is 0 Å². The van der Waals surface area contributed by atoms with E-state index in [1.807, 2.05) is 11.0 Å². The molecule has 1 rings (SSSR count). The van der Waals surface area contributed by atoms with Crippen LogP contribution in [0.25, 0.3) is 0 Å². The van der Waals surface area contributed by atoms with E-state index < -0.39 is 0 Å². The second-order valence-corrected chi connectivity index (χ2v) is 5.03. The summed E-state index contributed by atoms with van der Waals surface area (Å²) in [4.78, 5) is 14.3. The Bertz CT molecular complexity index is 245. The molecule has 0 aromatic heterocycles. The third kappa shape index (κ3) is 4.15. The first-order valence-corrected chi connectivity index (χ1v) is 6.82. The monoisotopic (exact) mass is 238 g/mol. The van der Waals surface area contributed by atoms with E-state index in [0.29, 0.717) is 18.4 Å². The first-order valence-electron chi connectivity index (χ1n) is 6.82. The molecule has 0 bridgehead atoms. The number of nitrogens with two attached hydrogens (primary N) is 1. The van der Waals surface area contributed by atoms with Crippen molar-refractivity contribution in [3.05, 3.63) is 12.7 Å². The topological polar surface area (TPSA) is 46.3 Å². The fraction of sp³-hybridized carbons (Fsp3) is 0.786. The van der Waals surface area contributed by atoms with Gasteiger partial charge in [-0.05, 0) is 44.6 Å². The molecule has 1 aliphatic carbocycles. The van der Waals surface area contributed by atoms with Crippen molar-refractivity contribution in [1.29, 1.82) is 0 Å². The van der Waals surface area contributed by atoms with Crippen LogP contribution in [-0.2, 0) is 4.79 Å². The Labute approximate surface area is 105 Å². The van der Waals surface area contributed by atoms with Gasteiger partial charge in [0.2, 0.25) is 5.91 Å². The van der Waals surface area contributed by atoms with Gasteiger partial charge in [-0.15, -0.1) is 6.58 Å². The van der Waals surface area contributed by atoms with E-state index in [4.69, 9.17) is 5.73 Å². The number of carbonyl (C=O) groups is 1. The van der Waals surface area contributed by atoms with Gasteiger partial charge in [0.1, 0.15) is 0 Å². The van der Waals surface area contributed by atoms with Gasteiger partial charge in [-0.2, -0.15) is 0 Å². The summed E-state index contributed by atoms with van der Waals surface area (Å²) in [5.74, 6) is 1.18. The van der Waals surface area contributed by atoms with Gasteiger partial charge in [-0.25, -0.2) is 0 Å². The van der Waals surface area contributed by atoms with Crippen molar-refractivity contribution in [2.24, 2.45) is 17.6 Å². The molecule has 1 fully saturated rings. The Morgan fingerprint density at radius 3 is 2.53 bits per heavy atom. The smallest absolute Gasteiger partial charge is 0.225 e. The van der Waals surface area contributed by atoms with Gasteiger partial charge in [0.25, 0.3) is 0 Å². The van der Waals surface area contributed by atoms with Crippen molar-refractivity contribution in [2.45, 2.75) is 39.0 Å². The highest BCUT2D eigenvalue weighted by Crippen LogP contribution is 2.29. The molecule has 0 radical (unpaired) electrons. The number of hydrogen-bond acceptors (Lipinski definition) is 2. The van der Waals surface area contributed by atoms with Gasteiger partial charge in [-0.3, -0.25) is 4.79 Å². The minimum Gasteiger partial charge on any atom is -0.339 e. The van der Waals surface area contributed by atoms with Crippen LogP contribution in [0.5, 0.6) is 0 Å². The van der Waals surface area contributed by atoms with Crippen LogP contribution in [0.15, 0.2) is 12.7 Å². The van der Waals surface area contributed by atoms with Crippen LogP contribution in [0.1, 0.15) is 39.0 Å². The zero-order chi connectivity index (χ0) is 12.7. The molecule has 0 atom stereocenters. The highest BCUT2D eigenvalue weighted by molar-refractivity contribution is 5.79. The van der Waals surface area contributed by atoms with Gasteiger partial charge < -0.3 is 10.6 Å². The zero-order valence-corrected chi connectivity index (χ0v) is 11.0. The molecular weight excluding hydrogens is 212 g/mol. The third-order valence-electron chi connectivity index (χ3n) is 3.68. The van der Waals surface area contributed by atoms with Crippen molar-refractivity contribution in [2.75, 3.05) is 19.6 Å². The summed E-state index contributed by atoms with van der Waals surface area (Å²) in [6.07, 6.45) is 7.08. The fourth-order valence-electron chi connectivity index (χ4n) is 2.62. The first kappa shape index (κ1) is 14.2. The van der Waals surface area contributed by atoms with Crippen LogP contribution in [-0.4, -0.2) is 30.4 Å². The maximum absolute atomic E-state index is 12.3. The number of hydrogen-bond donors (Lipinski definition) is 1. The standard InChI is InChI=1S/C14H26N2O/c1-3-9-16(10-4-2)14(17)13-7-5-12(11-15)6-8-13/h3,12-13H,1,4-11,15H2,2H3. The summed E-state index contributed by atoms with van der Waals surface area (Å²) in [7, 11) is 0. The van der Waals surface area contributed by atoms with Crippen molar-refractivity contribution >= 4 is 5.91 Å². The third-order valence-corrected chi connectivity index (χ3v) is 3.68.